The van der Waals surface area contributed by atoms with E-state index in [9.17, 15) is 0 Å². The van der Waals surface area contributed by atoms with E-state index in [1.165, 1.54) is 20.9 Å². The molecule has 1 nitrogen and oxygen atoms in total. The van der Waals surface area contributed by atoms with Crippen molar-refractivity contribution in [3.63, 3.8) is 0 Å². The lowest BCUT2D eigenvalue weighted by Gasteiger charge is -2.15. The van der Waals surface area contributed by atoms with Crippen molar-refractivity contribution in [3.8, 4) is 0 Å². The first kappa shape index (κ1) is 14.6. The van der Waals surface area contributed by atoms with Gasteiger partial charge in [-0.2, -0.15) is 0 Å². The lowest BCUT2D eigenvalue weighted by Crippen LogP contribution is -2.18. The third-order valence-electron chi connectivity index (χ3n) is 3.35. The van der Waals surface area contributed by atoms with Crippen LogP contribution >= 0.6 is 22.9 Å². The summed E-state index contributed by atoms with van der Waals surface area (Å²) in [6.45, 7) is 9.41. The van der Waals surface area contributed by atoms with Gasteiger partial charge in [0.15, 0.2) is 0 Å². The Morgan fingerprint density at radius 3 is 2.53 bits per heavy atom. The minimum atomic E-state index is 0.349. The quantitative estimate of drug-likeness (QED) is 0.819. The maximum atomic E-state index is 6.26. The average molecular weight is 294 g/mol. The van der Waals surface area contributed by atoms with Gasteiger partial charge in [0.25, 0.3) is 0 Å². The molecule has 2 rings (SSSR count). The van der Waals surface area contributed by atoms with Crippen LogP contribution in [0.4, 0.5) is 0 Å². The Morgan fingerprint density at radius 1 is 1.21 bits per heavy atom. The second-order valence-corrected chi connectivity index (χ2v) is 6.93. The van der Waals surface area contributed by atoms with Crippen molar-refractivity contribution in [1.29, 1.82) is 0 Å². The van der Waals surface area contributed by atoms with Gasteiger partial charge in [-0.3, -0.25) is 0 Å². The topological polar surface area (TPSA) is 12.0 Å². The van der Waals surface area contributed by atoms with Crippen LogP contribution in [0.1, 0.15) is 39.4 Å². The molecule has 1 aromatic heterocycles. The van der Waals surface area contributed by atoms with Gasteiger partial charge >= 0.3 is 0 Å². The molecule has 102 valence electrons. The van der Waals surface area contributed by atoms with Gasteiger partial charge in [-0.25, -0.2) is 0 Å². The minimum Gasteiger partial charge on any atom is -0.306 e. The molecule has 3 heteroatoms. The molecule has 0 saturated heterocycles. The van der Waals surface area contributed by atoms with Gasteiger partial charge < -0.3 is 5.32 Å². The van der Waals surface area contributed by atoms with Crippen LogP contribution in [-0.2, 0) is 6.54 Å². The van der Waals surface area contributed by atoms with Gasteiger partial charge in [-0.05, 0) is 56.5 Å². The smallest absolute Gasteiger partial charge is 0.0453 e. The Kier molecular flexibility index (Phi) is 4.67. The maximum Gasteiger partial charge on any atom is 0.0453 e. The molecule has 1 aromatic carbocycles. The summed E-state index contributed by atoms with van der Waals surface area (Å²) in [7, 11) is 0. The van der Waals surface area contributed by atoms with Gasteiger partial charge in [0.2, 0.25) is 0 Å². The third kappa shape index (κ3) is 3.59. The first-order valence-electron chi connectivity index (χ1n) is 6.52. The molecule has 2 aromatic rings. The van der Waals surface area contributed by atoms with Crippen molar-refractivity contribution in [2.75, 3.05) is 0 Å². The molecule has 1 heterocycles. The van der Waals surface area contributed by atoms with Gasteiger partial charge in [0.1, 0.15) is 0 Å². The summed E-state index contributed by atoms with van der Waals surface area (Å²) in [5.41, 5.74) is 3.75. The van der Waals surface area contributed by atoms with Crippen LogP contribution in [0.5, 0.6) is 0 Å². The van der Waals surface area contributed by atoms with E-state index in [0.29, 0.717) is 6.04 Å². The number of hydrogen-bond donors (Lipinski definition) is 1. The molecule has 0 aliphatic rings. The zero-order valence-electron chi connectivity index (χ0n) is 11.9. The molecule has 0 aliphatic heterocycles. The molecule has 0 saturated carbocycles. The van der Waals surface area contributed by atoms with Crippen LogP contribution in [0.15, 0.2) is 24.3 Å². The van der Waals surface area contributed by atoms with Gasteiger partial charge in [0, 0.05) is 27.4 Å². The van der Waals surface area contributed by atoms with E-state index in [0.717, 1.165) is 17.1 Å². The van der Waals surface area contributed by atoms with Crippen LogP contribution in [0, 0.1) is 20.8 Å². The first-order valence-corrected chi connectivity index (χ1v) is 7.72. The highest BCUT2D eigenvalue weighted by Gasteiger charge is 2.11. The lowest BCUT2D eigenvalue weighted by molar-refractivity contribution is 0.574. The van der Waals surface area contributed by atoms with Crippen molar-refractivity contribution in [1.82, 2.24) is 5.32 Å². The van der Waals surface area contributed by atoms with Gasteiger partial charge in [0.05, 0.1) is 0 Å². The number of halogens is 1. The van der Waals surface area contributed by atoms with E-state index in [1.54, 1.807) is 0 Å². The van der Waals surface area contributed by atoms with E-state index in [1.807, 2.05) is 17.4 Å². The van der Waals surface area contributed by atoms with Crippen molar-refractivity contribution in [2.24, 2.45) is 0 Å². The van der Waals surface area contributed by atoms with Crippen LogP contribution in [0.25, 0.3) is 0 Å². The summed E-state index contributed by atoms with van der Waals surface area (Å²) < 4.78 is 0. The molecule has 0 amide bonds. The summed E-state index contributed by atoms with van der Waals surface area (Å²) in [5.74, 6) is 0. The normalized spacial score (nSPS) is 12.7. The van der Waals surface area contributed by atoms with Crippen molar-refractivity contribution >= 4 is 22.9 Å². The van der Waals surface area contributed by atoms with Gasteiger partial charge in [-0.15, -0.1) is 11.3 Å². The molecular formula is C16H20ClNS. The molecule has 0 fully saturated rings. The minimum absolute atomic E-state index is 0.349. The molecule has 0 bridgehead atoms. The lowest BCUT2D eigenvalue weighted by atomic mass is 10.1. The van der Waals surface area contributed by atoms with Gasteiger partial charge in [-0.1, -0.05) is 23.7 Å². The van der Waals surface area contributed by atoms with Crippen LogP contribution in [0.2, 0.25) is 5.02 Å². The molecule has 19 heavy (non-hydrogen) atoms. The van der Waals surface area contributed by atoms with Crippen LogP contribution in [-0.4, -0.2) is 0 Å². The van der Waals surface area contributed by atoms with Crippen molar-refractivity contribution < 1.29 is 0 Å². The van der Waals surface area contributed by atoms with Crippen molar-refractivity contribution in [3.05, 3.63) is 55.7 Å². The Balaban J connectivity index is 2.04. The van der Waals surface area contributed by atoms with E-state index in [4.69, 9.17) is 11.6 Å². The largest absolute Gasteiger partial charge is 0.306 e. The maximum absolute atomic E-state index is 6.26. The third-order valence-corrected chi connectivity index (χ3v) is 4.69. The Labute approximate surface area is 124 Å². The highest BCUT2D eigenvalue weighted by atomic mass is 35.5. The Hall–Kier alpha value is -0.830. The number of benzene rings is 1. The zero-order valence-corrected chi connectivity index (χ0v) is 13.5. The predicted molar refractivity (Wildman–Crippen MR) is 85.2 cm³/mol. The SMILES string of the molecule is Cc1ccc(CNC(C)c2cc(C)sc2C)c(Cl)c1. The number of rotatable bonds is 4. The molecule has 1 unspecified atom stereocenters. The molecule has 0 aliphatic carbocycles. The molecular weight excluding hydrogens is 274 g/mol. The van der Waals surface area contributed by atoms with Crippen molar-refractivity contribution in [2.45, 2.75) is 40.3 Å². The predicted octanol–water partition coefficient (Wildman–Crippen LogP) is 5.18. The standard InChI is InChI=1S/C16H20ClNS/c1-10-5-6-14(16(17)7-10)9-18-12(3)15-8-11(2)19-13(15)4/h5-8,12,18H,9H2,1-4H3. The van der Waals surface area contributed by atoms with Crippen LogP contribution < -0.4 is 5.32 Å². The fourth-order valence-electron chi connectivity index (χ4n) is 2.25. The summed E-state index contributed by atoms with van der Waals surface area (Å²) >= 11 is 8.11. The Morgan fingerprint density at radius 2 is 1.95 bits per heavy atom. The first-order chi connectivity index (χ1) is 8.97. The van der Waals surface area contributed by atoms with E-state index in [-0.39, 0.29) is 0 Å². The fourth-order valence-corrected chi connectivity index (χ4v) is 3.57. The molecule has 0 spiro atoms. The number of aryl methyl sites for hydroxylation is 3. The number of thiophene rings is 1. The highest BCUT2D eigenvalue weighted by Crippen LogP contribution is 2.26. The van der Waals surface area contributed by atoms with E-state index >= 15 is 0 Å². The fraction of sp³-hybridized carbons (Fsp3) is 0.375. The van der Waals surface area contributed by atoms with Crippen LogP contribution in [0.3, 0.4) is 0 Å². The second kappa shape index (κ2) is 6.08. The monoisotopic (exact) mass is 293 g/mol. The number of nitrogens with one attached hydrogen (secondary N) is 1. The molecule has 1 N–H and O–H groups in total. The summed E-state index contributed by atoms with van der Waals surface area (Å²) in [5, 5.41) is 4.40. The van der Waals surface area contributed by atoms with E-state index in [2.05, 4.69) is 51.2 Å². The number of hydrogen-bond acceptors (Lipinski definition) is 2. The Bertz CT molecular complexity index is 574. The highest BCUT2D eigenvalue weighted by molar-refractivity contribution is 7.12. The summed E-state index contributed by atoms with van der Waals surface area (Å²) in [4.78, 5) is 2.77. The second-order valence-electron chi connectivity index (χ2n) is 5.07. The zero-order chi connectivity index (χ0) is 14.0. The van der Waals surface area contributed by atoms with E-state index < -0.39 is 0 Å². The molecule has 0 radical (unpaired) electrons. The average Bonchev–Trinajstić information content (AvgIpc) is 2.67. The molecule has 1 atom stereocenters. The summed E-state index contributed by atoms with van der Waals surface area (Å²) in [6, 6.07) is 8.84. The summed E-state index contributed by atoms with van der Waals surface area (Å²) in [6.07, 6.45) is 0.